The first-order valence-corrected chi connectivity index (χ1v) is 6.49. The third-order valence-corrected chi connectivity index (χ3v) is 2.54. The van der Waals surface area contributed by atoms with E-state index >= 15 is 0 Å². The van der Waals surface area contributed by atoms with Crippen molar-refractivity contribution < 1.29 is 9.53 Å². The zero-order valence-electron chi connectivity index (χ0n) is 11.2. The maximum Gasteiger partial charge on any atom is 0.317 e. The molecule has 0 atom stereocenters. The summed E-state index contributed by atoms with van der Waals surface area (Å²) < 4.78 is 4.80. The predicted molar refractivity (Wildman–Crippen MR) is 73.2 cm³/mol. The van der Waals surface area contributed by atoms with Crippen LogP contribution in [0.4, 0.5) is 0 Å². The summed E-state index contributed by atoms with van der Waals surface area (Å²) in [4.78, 5) is 11.1. The first-order chi connectivity index (χ1) is 8.76. The first-order valence-electron chi connectivity index (χ1n) is 6.49. The zero-order chi connectivity index (χ0) is 13.2. The third kappa shape index (κ3) is 5.54. The molecule has 1 aromatic carbocycles. The van der Waals surface area contributed by atoms with Gasteiger partial charge in [-0.3, -0.25) is 4.79 Å². The van der Waals surface area contributed by atoms with Gasteiger partial charge in [-0.25, -0.2) is 0 Å². The summed E-state index contributed by atoms with van der Waals surface area (Å²) in [6.45, 7) is 4.39. The van der Waals surface area contributed by atoms with Crippen molar-refractivity contribution in [3.05, 3.63) is 35.4 Å². The van der Waals surface area contributed by atoms with E-state index in [1.54, 1.807) is 6.92 Å². The molecule has 0 N–H and O–H groups in total. The lowest BCUT2D eigenvalue weighted by atomic mass is 10.1. The molecule has 0 saturated carbocycles. The van der Waals surface area contributed by atoms with E-state index in [0.717, 1.165) is 12.0 Å². The lowest BCUT2D eigenvalue weighted by Gasteiger charge is -1.99. The standard InChI is InChI=1S/C16H20O2/c1-3-5-7-14-10-12-15(13-11-14)8-6-9-16(17)18-4-2/h10-13H,3-5,7,9H2,1-2H3. The van der Waals surface area contributed by atoms with E-state index in [2.05, 4.69) is 30.9 Å². The molecular formula is C16H20O2. The monoisotopic (exact) mass is 244 g/mol. The molecule has 1 aromatic rings. The molecule has 2 nitrogen and oxygen atoms in total. The molecule has 0 radical (unpaired) electrons. The number of carbonyl (C=O) groups is 1. The number of aryl methyl sites for hydroxylation is 1. The van der Waals surface area contributed by atoms with Gasteiger partial charge >= 0.3 is 5.97 Å². The maximum absolute atomic E-state index is 11.1. The molecule has 0 fully saturated rings. The molecule has 0 amide bonds. The van der Waals surface area contributed by atoms with Crippen LogP contribution in [-0.2, 0) is 16.0 Å². The number of carbonyl (C=O) groups excluding carboxylic acids is 1. The second kappa shape index (κ2) is 8.36. The fourth-order valence-electron chi connectivity index (χ4n) is 1.57. The largest absolute Gasteiger partial charge is 0.465 e. The van der Waals surface area contributed by atoms with E-state index in [1.165, 1.54) is 18.4 Å². The van der Waals surface area contributed by atoms with Gasteiger partial charge in [0.25, 0.3) is 0 Å². The Hall–Kier alpha value is -1.75. The zero-order valence-corrected chi connectivity index (χ0v) is 11.2. The molecule has 0 saturated heterocycles. The summed E-state index contributed by atoms with van der Waals surface area (Å²) in [7, 11) is 0. The minimum atomic E-state index is -0.260. The number of unbranched alkanes of at least 4 members (excludes halogenated alkanes) is 1. The summed E-state index contributed by atoms with van der Waals surface area (Å²) in [6, 6.07) is 8.21. The predicted octanol–water partition coefficient (Wildman–Crippen LogP) is 3.33. The highest BCUT2D eigenvalue weighted by Gasteiger charge is 1.96. The molecule has 0 bridgehead atoms. The van der Waals surface area contributed by atoms with Crippen molar-refractivity contribution in [1.82, 2.24) is 0 Å². The van der Waals surface area contributed by atoms with Crippen LogP contribution < -0.4 is 0 Å². The van der Waals surface area contributed by atoms with Gasteiger partial charge in [0.05, 0.1) is 6.61 Å². The number of rotatable bonds is 5. The van der Waals surface area contributed by atoms with E-state index in [-0.39, 0.29) is 12.4 Å². The van der Waals surface area contributed by atoms with E-state index in [1.807, 2.05) is 12.1 Å². The molecular weight excluding hydrogens is 224 g/mol. The lowest BCUT2D eigenvalue weighted by Crippen LogP contribution is -2.01. The first kappa shape index (κ1) is 14.3. The molecule has 2 heteroatoms. The van der Waals surface area contributed by atoms with Crippen molar-refractivity contribution in [2.45, 2.75) is 39.5 Å². The number of esters is 1. The van der Waals surface area contributed by atoms with Crippen LogP contribution in [0.3, 0.4) is 0 Å². The van der Waals surface area contributed by atoms with Crippen LogP contribution >= 0.6 is 0 Å². The Morgan fingerprint density at radius 1 is 1.22 bits per heavy atom. The third-order valence-electron chi connectivity index (χ3n) is 2.54. The summed E-state index contributed by atoms with van der Waals surface area (Å²) in [5.41, 5.74) is 2.28. The molecule has 0 heterocycles. The number of benzene rings is 1. The number of hydrogen-bond acceptors (Lipinski definition) is 2. The average Bonchev–Trinajstić information content (AvgIpc) is 2.38. The van der Waals surface area contributed by atoms with Gasteiger partial charge in [-0.05, 0) is 37.5 Å². The van der Waals surface area contributed by atoms with Crippen LogP contribution in [0, 0.1) is 11.8 Å². The normalized spacial score (nSPS) is 9.44. The fraction of sp³-hybridized carbons (Fsp3) is 0.438. The Morgan fingerprint density at radius 3 is 2.56 bits per heavy atom. The molecule has 0 aliphatic heterocycles. The molecule has 0 spiro atoms. The highest BCUT2D eigenvalue weighted by Crippen LogP contribution is 2.07. The Balaban J connectivity index is 2.48. The summed E-state index contributed by atoms with van der Waals surface area (Å²) in [6.07, 6.45) is 3.70. The Kier molecular flexibility index (Phi) is 6.64. The van der Waals surface area contributed by atoms with E-state index in [9.17, 15) is 4.79 Å². The molecule has 18 heavy (non-hydrogen) atoms. The Bertz CT molecular complexity index is 421. The highest BCUT2D eigenvalue weighted by molar-refractivity contribution is 5.72. The number of hydrogen-bond donors (Lipinski definition) is 0. The van der Waals surface area contributed by atoms with Gasteiger partial charge in [0, 0.05) is 5.56 Å². The SMILES string of the molecule is CCCCc1ccc(C#CCC(=O)OCC)cc1. The van der Waals surface area contributed by atoms with Gasteiger partial charge in [0.2, 0.25) is 0 Å². The molecule has 96 valence electrons. The van der Waals surface area contributed by atoms with Gasteiger partial charge in [-0.2, -0.15) is 0 Å². The van der Waals surface area contributed by atoms with E-state index in [4.69, 9.17) is 4.74 Å². The van der Waals surface area contributed by atoms with Crippen LogP contribution in [-0.4, -0.2) is 12.6 Å². The van der Waals surface area contributed by atoms with Gasteiger partial charge in [0.1, 0.15) is 6.42 Å². The second-order valence-corrected chi connectivity index (χ2v) is 4.08. The van der Waals surface area contributed by atoms with Crippen molar-refractivity contribution >= 4 is 5.97 Å². The van der Waals surface area contributed by atoms with Crippen molar-refractivity contribution in [3.63, 3.8) is 0 Å². The number of ether oxygens (including phenoxy) is 1. The summed E-state index contributed by atoms with van der Waals surface area (Å²) in [5.74, 6) is 5.53. The second-order valence-electron chi connectivity index (χ2n) is 4.08. The highest BCUT2D eigenvalue weighted by atomic mass is 16.5. The smallest absolute Gasteiger partial charge is 0.317 e. The average molecular weight is 244 g/mol. The van der Waals surface area contributed by atoms with Crippen LogP contribution in [0.5, 0.6) is 0 Å². The minimum absolute atomic E-state index is 0.158. The molecule has 0 unspecified atom stereocenters. The lowest BCUT2D eigenvalue weighted by molar-refractivity contribution is -0.141. The van der Waals surface area contributed by atoms with E-state index < -0.39 is 0 Å². The maximum atomic E-state index is 11.1. The molecule has 0 aliphatic carbocycles. The Labute approximate surface area is 109 Å². The van der Waals surface area contributed by atoms with Crippen molar-refractivity contribution in [2.75, 3.05) is 6.61 Å². The molecule has 1 rings (SSSR count). The van der Waals surface area contributed by atoms with Crippen molar-refractivity contribution in [2.24, 2.45) is 0 Å². The summed E-state index contributed by atoms with van der Waals surface area (Å²) in [5, 5.41) is 0. The van der Waals surface area contributed by atoms with Crippen LogP contribution in [0.1, 0.15) is 44.2 Å². The quantitative estimate of drug-likeness (QED) is 0.586. The minimum Gasteiger partial charge on any atom is -0.465 e. The van der Waals surface area contributed by atoms with Crippen LogP contribution in [0.25, 0.3) is 0 Å². The van der Waals surface area contributed by atoms with Crippen LogP contribution in [0.2, 0.25) is 0 Å². The van der Waals surface area contributed by atoms with Gasteiger partial charge in [-0.1, -0.05) is 37.3 Å². The van der Waals surface area contributed by atoms with Gasteiger partial charge in [0.15, 0.2) is 0 Å². The Morgan fingerprint density at radius 2 is 1.94 bits per heavy atom. The van der Waals surface area contributed by atoms with Crippen LogP contribution in [0.15, 0.2) is 24.3 Å². The van der Waals surface area contributed by atoms with Gasteiger partial charge in [-0.15, -0.1) is 0 Å². The van der Waals surface area contributed by atoms with E-state index in [0.29, 0.717) is 6.61 Å². The topological polar surface area (TPSA) is 26.3 Å². The molecule has 0 aromatic heterocycles. The summed E-state index contributed by atoms with van der Waals surface area (Å²) >= 11 is 0. The van der Waals surface area contributed by atoms with Gasteiger partial charge < -0.3 is 4.74 Å². The van der Waals surface area contributed by atoms with Crippen molar-refractivity contribution in [3.8, 4) is 11.8 Å². The molecule has 0 aliphatic rings. The van der Waals surface area contributed by atoms with Crippen molar-refractivity contribution in [1.29, 1.82) is 0 Å². The fourth-order valence-corrected chi connectivity index (χ4v) is 1.57.